The number of hydrogen-bond donors (Lipinski definition) is 1. The average molecular weight is 198 g/mol. The van der Waals surface area contributed by atoms with Gasteiger partial charge in [-0.05, 0) is 19.8 Å². The standard InChI is InChI=1S/C11H22N2O/c1-7(2)11(12)9(4)13(6)8(3)10(5)14/h7-8,11H,4,12H2,1-3,5-6H3/t8-,11-/m0/s1. The monoisotopic (exact) mass is 198 g/mol. The largest absolute Gasteiger partial charge is 0.367 e. The third kappa shape index (κ3) is 3.14. The highest BCUT2D eigenvalue weighted by molar-refractivity contribution is 5.81. The lowest BCUT2D eigenvalue weighted by molar-refractivity contribution is -0.120. The van der Waals surface area contributed by atoms with Gasteiger partial charge in [-0.25, -0.2) is 0 Å². The molecule has 0 aliphatic carbocycles. The topological polar surface area (TPSA) is 46.3 Å². The van der Waals surface area contributed by atoms with Gasteiger partial charge in [0.05, 0.1) is 6.04 Å². The van der Waals surface area contributed by atoms with Crippen molar-refractivity contribution in [1.82, 2.24) is 4.90 Å². The van der Waals surface area contributed by atoms with Crippen LogP contribution in [0.25, 0.3) is 0 Å². The molecule has 82 valence electrons. The Balaban J connectivity index is 4.46. The van der Waals surface area contributed by atoms with E-state index in [1.54, 1.807) is 6.92 Å². The lowest BCUT2D eigenvalue weighted by Crippen LogP contribution is -2.42. The van der Waals surface area contributed by atoms with Gasteiger partial charge in [0, 0.05) is 18.8 Å². The maximum Gasteiger partial charge on any atom is 0.151 e. The molecule has 0 spiro atoms. The third-order valence-electron chi connectivity index (χ3n) is 2.73. The molecule has 0 aromatic heterocycles. The van der Waals surface area contributed by atoms with Gasteiger partial charge in [-0.15, -0.1) is 0 Å². The minimum absolute atomic E-state index is 0.0817. The van der Waals surface area contributed by atoms with Crippen molar-refractivity contribution in [1.29, 1.82) is 0 Å². The fraction of sp³-hybridized carbons (Fsp3) is 0.727. The maximum absolute atomic E-state index is 11.2. The summed E-state index contributed by atoms with van der Waals surface area (Å²) in [5.74, 6) is 0.466. The number of likely N-dealkylation sites (N-methyl/N-ethyl adjacent to an activating group) is 1. The van der Waals surface area contributed by atoms with Crippen LogP contribution in [0.5, 0.6) is 0 Å². The average Bonchev–Trinajstić information content (AvgIpc) is 2.12. The molecule has 0 aliphatic heterocycles. The van der Waals surface area contributed by atoms with E-state index in [1.807, 2.05) is 32.7 Å². The highest BCUT2D eigenvalue weighted by Crippen LogP contribution is 2.14. The first-order valence-corrected chi connectivity index (χ1v) is 4.96. The second-order valence-electron chi connectivity index (χ2n) is 4.16. The lowest BCUT2D eigenvalue weighted by atomic mass is 10.0. The second kappa shape index (κ2) is 5.15. The number of carbonyl (C=O) groups excluding carboxylic acids is 1. The van der Waals surface area contributed by atoms with Crippen molar-refractivity contribution < 1.29 is 4.79 Å². The fourth-order valence-electron chi connectivity index (χ4n) is 1.14. The molecule has 0 radical (unpaired) electrons. The highest BCUT2D eigenvalue weighted by atomic mass is 16.1. The van der Waals surface area contributed by atoms with Crippen molar-refractivity contribution in [2.75, 3.05) is 7.05 Å². The van der Waals surface area contributed by atoms with Crippen LogP contribution >= 0.6 is 0 Å². The number of ketones is 1. The Morgan fingerprint density at radius 2 is 1.79 bits per heavy atom. The zero-order chi connectivity index (χ0) is 11.5. The highest BCUT2D eigenvalue weighted by Gasteiger charge is 2.20. The van der Waals surface area contributed by atoms with E-state index in [-0.39, 0.29) is 17.9 Å². The Morgan fingerprint density at radius 3 is 2.07 bits per heavy atom. The van der Waals surface area contributed by atoms with Gasteiger partial charge in [0.1, 0.15) is 0 Å². The van der Waals surface area contributed by atoms with E-state index in [2.05, 4.69) is 6.58 Å². The van der Waals surface area contributed by atoms with Crippen LogP contribution < -0.4 is 5.73 Å². The zero-order valence-corrected chi connectivity index (χ0v) is 9.87. The Hall–Kier alpha value is -0.830. The molecular formula is C11H22N2O. The van der Waals surface area contributed by atoms with Crippen LogP contribution in [0.4, 0.5) is 0 Å². The Kier molecular flexibility index (Phi) is 4.85. The Bertz CT molecular complexity index is 223. The van der Waals surface area contributed by atoms with Gasteiger partial charge in [0.15, 0.2) is 5.78 Å². The van der Waals surface area contributed by atoms with E-state index in [1.165, 1.54) is 0 Å². The molecule has 0 aromatic carbocycles. The summed E-state index contributed by atoms with van der Waals surface area (Å²) >= 11 is 0. The summed E-state index contributed by atoms with van der Waals surface area (Å²) in [5, 5.41) is 0. The molecule has 0 fully saturated rings. The van der Waals surface area contributed by atoms with Gasteiger partial charge < -0.3 is 10.6 Å². The van der Waals surface area contributed by atoms with Gasteiger partial charge >= 0.3 is 0 Å². The van der Waals surface area contributed by atoms with E-state index >= 15 is 0 Å². The van der Waals surface area contributed by atoms with E-state index in [4.69, 9.17) is 5.73 Å². The molecule has 0 amide bonds. The Labute approximate surface area is 87.0 Å². The van der Waals surface area contributed by atoms with Gasteiger partial charge in [-0.1, -0.05) is 20.4 Å². The summed E-state index contributed by atoms with van der Waals surface area (Å²) < 4.78 is 0. The Morgan fingerprint density at radius 1 is 1.36 bits per heavy atom. The van der Waals surface area contributed by atoms with Gasteiger partial charge in [0.25, 0.3) is 0 Å². The molecular weight excluding hydrogens is 176 g/mol. The molecule has 0 rings (SSSR count). The first-order chi connectivity index (χ1) is 6.29. The SMILES string of the molecule is C=C([C@@H](N)C(C)C)N(C)[C@@H](C)C(C)=O. The third-order valence-corrected chi connectivity index (χ3v) is 2.73. The summed E-state index contributed by atoms with van der Waals surface area (Å²) in [7, 11) is 1.86. The number of Topliss-reactive ketones (excluding diaryl/α,β-unsaturated/α-hetero) is 1. The molecule has 0 saturated carbocycles. The van der Waals surface area contributed by atoms with E-state index in [0.29, 0.717) is 5.92 Å². The molecule has 3 heteroatoms. The number of carbonyl (C=O) groups is 1. The molecule has 0 bridgehead atoms. The zero-order valence-electron chi connectivity index (χ0n) is 9.87. The van der Waals surface area contributed by atoms with Gasteiger partial charge in [-0.2, -0.15) is 0 Å². The molecule has 0 aromatic rings. The van der Waals surface area contributed by atoms with Crippen molar-refractivity contribution in [3.63, 3.8) is 0 Å². The molecule has 3 nitrogen and oxygen atoms in total. The van der Waals surface area contributed by atoms with Crippen molar-refractivity contribution >= 4 is 5.78 Å². The molecule has 0 unspecified atom stereocenters. The van der Waals surface area contributed by atoms with Crippen LogP contribution in [-0.2, 0) is 4.79 Å². The second-order valence-corrected chi connectivity index (χ2v) is 4.16. The molecule has 2 atom stereocenters. The quantitative estimate of drug-likeness (QED) is 0.726. The molecule has 2 N–H and O–H groups in total. The van der Waals surface area contributed by atoms with Crippen LogP contribution in [0.2, 0.25) is 0 Å². The van der Waals surface area contributed by atoms with Crippen LogP contribution in [0.3, 0.4) is 0 Å². The molecule has 0 aliphatic rings. The van der Waals surface area contributed by atoms with Gasteiger partial charge in [-0.3, -0.25) is 4.79 Å². The van der Waals surface area contributed by atoms with Crippen molar-refractivity contribution in [3.8, 4) is 0 Å². The normalized spacial score (nSPS) is 15.1. The molecule has 0 heterocycles. The summed E-state index contributed by atoms with van der Waals surface area (Å²) in [6, 6.07) is -0.228. The van der Waals surface area contributed by atoms with Crippen LogP contribution in [0.15, 0.2) is 12.3 Å². The van der Waals surface area contributed by atoms with E-state index in [9.17, 15) is 4.79 Å². The summed E-state index contributed by atoms with van der Waals surface area (Å²) in [6.07, 6.45) is 0. The summed E-state index contributed by atoms with van der Waals surface area (Å²) in [4.78, 5) is 13.0. The molecule has 0 saturated heterocycles. The summed E-state index contributed by atoms with van der Waals surface area (Å²) in [5.41, 5.74) is 6.77. The van der Waals surface area contributed by atoms with Gasteiger partial charge in [0.2, 0.25) is 0 Å². The van der Waals surface area contributed by atoms with Crippen molar-refractivity contribution in [2.45, 2.75) is 39.8 Å². The van der Waals surface area contributed by atoms with Crippen LogP contribution in [0, 0.1) is 5.92 Å². The first-order valence-electron chi connectivity index (χ1n) is 4.96. The van der Waals surface area contributed by atoms with Crippen molar-refractivity contribution in [3.05, 3.63) is 12.3 Å². The maximum atomic E-state index is 11.2. The van der Waals surface area contributed by atoms with Crippen molar-refractivity contribution in [2.24, 2.45) is 11.7 Å². The number of nitrogens with zero attached hydrogens (tertiary/aromatic N) is 1. The summed E-state index contributed by atoms with van der Waals surface area (Å²) in [6.45, 7) is 11.5. The predicted octanol–water partition coefficient (Wildman–Crippen LogP) is 1.39. The smallest absolute Gasteiger partial charge is 0.151 e. The van der Waals surface area contributed by atoms with Crippen LogP contribution in [-0.4, -0.2) is 29.8 Å². The number of rotatable bonds is 5. The minimum Gasteiger partial charge on any atom is -0.367 e. The van der Waals surface area contributed by atoms with E-state index < -0.39 is 0 Å². The molecule has 14 heavy (non-hydrogen) atoms. The van der Waals surface area contributed by atoms with Crippen LogP contribution in [0.1, 0.15) is 27.7 Å². The predicted molar refractivity (Wildman–Crippen MR) is 59.9 cm³/mol. The minimum atomic E-state index is -0.146. The fourth-order valence-corrected chi connectivity index (χ4v) is 1.14. The lowest BCUT2D eigenvalue weighted by Gasteiger charge is -2.31. The number of hydrogen-bond acceptors (Lipinski definition) is 3. The number of nitrogens with two attached hydrogens (primary N) is 1. The van der Waals surface area contributed by atoms with E-state index in [0.717, 1.165) is 5.70 Å². The first kappa shape index (κ1) is 13.2.